The number of hydrogen-bond donors (Lipinski definition) is 5. The Labute approximate surface area is 468 Å². The van der Waals surface area contributed by atoms with Gasteiger partial charge in [0.05, 0.1) is 45.0 Å². The average molecular weight is 1100 g/mol. The molecule has 16 nitrogen and oxygen atoms in total. The van der Waals surface area contributed by atoms with Crippen LogP contribution in [0.3, 0.4) is 0 Å². The van der Waals surface area contributed by atoms with Crippen molar-refractivity contribution in [1.82, 2.24) is 0 Å². The third kappa shape index (κ3) is 15.9. The molecular weight excluding hydrogens is 1050 g/mol. The van der Waals surface area contributed by atoms with Gasteiger partial charge in [0.1, 0.15) is 17.2 Å². The van der Waals surface area contributed by atoms with Gasteiger partial charge in [0.15, 0.2) is 0 Å². The molecule has 17 heteroatoms. The Kier molecular flexibility index (Phi) is 18.8. The molecule has 0 unspecified atom stereocenters. The monoisotopic (exact) mass is 1100 g/mol. The van der Waals surface area contributed by atoms with Crippen molar-refractivity contribution in [1.29, 1.82) is 0 Å². The Bertz CT molecular complexity index is 3850. The SMILES string of the molecule is O=C(C=Cc1ccccc1OC(=O)c1ccccc1NC(=O)C=Cc1cccc(OC(=O)c2ccccc2NC(=O)C=Cc2ccc(OC(=O)c3ccccc3NC(=O)C=Cc3ccccc3Cl)cc2)c1)Nc1ccccc1C(=O)O. The van der Waals surface area contributed by atoms with Gasteiger partial charge >= 0.3 is 23.9 Å². The Morgan fingerprint density at radius 1 is 0.358 bits per heavy atom. The summed E-state index contributed by atoms with van der Waals surface area (Å²) in [6.07, 6.45) is 10.9. The molecule has 0 spiro atoms. The number of amides is 4. The van der Waals surface area contributed by atoms with Crippen LogP contribution in [0.15, 0.2) is 218 Å². The number of halogens is 1. The van der Waals surface area contributed by atoms with Crippen molar-refractivity contribution in [2.45, 2.75) is 0 Å². The van der Waals surface area contributed by atoms with Gasteiger partial charge in [-0.25, -0.2) is 19.2 Å². The fourth-order valence-corrected chi connectivity index (χ4v) is 7.79. The van der Waals surface area contributed by atoms with Gasteiger partial charge in [0.2, 0.25) is 23.6 Å². The van der Waals surface area contributed by atoms with Gasteiger partial charge in [-0.1, -0.05) is 121 Å². The van der Waals surface area contributed by atoms with Crippen molar-refractivity contribution in [3.63, 3.8) is 0 Å². The standard InChI is InChI=1S/C64H45ClN4O12/c65-51-22-7-1-15-43(51)32-38-59(72)69-53-24-9-4-19-48(53)62(76)79-45-34-28-41(29-35-45)30-36-57(70)67-54-25-10-5-20-49(54)63(77)80-46-17-13-14-42(40-46)31-37-58(71)68-55-26-11-6-21-50(55)64(78)81-56-27-12-2-16-44(56)33-39-60(73)66-52-23-8-3-18-47(52)61(74)75/h1-40H,(H,66,73)(H,67,70)(H,68,71)(H,69,72)(H,74,75). The Hall–Kier alpha value is -11.2. The van der Waals surface area contributed by atoms with Gasteiger partial charge in [-0.2, -0.15) is 0 Å². The minimum absolute atomic E-state index is 0.0275. The molecule has 8 rings (SSSR count). The third-order valence-corrected chi connectivity index (χ3v) is 11.8. The fraction of sp³-hybridized carbons (Fsp3) is 0. The highest BCUT2D eigenvalue weighted by Gasteiger charge is 2.19. The zero-order chi connectivity index (χ0) is 57.1. The molecule has 5 N–H and O–H groups in total. The molecular formula is C64H45ClN4O12. The summed E-state index contributed by atoms with van der Waals surface area (Å²) in [6, 6.07) is 51.0. The molecule has 400 valence electrons. The summed E-state index contributed by atoms with van der Waals surface area (Å²) in [6.45, 7) is 0. The number of nitrogens with one attached hydrogen (secondary N) is 4. The first-order valence-electron chi connectivity index (χ1n) is 24.5. The van der Waals surface area contributed by atoms with Gasteiger partial charge in [0, 0.05) is 34.9 Å². The molecule has 0 fully saturated rings. The summed E-state index contributed by atoms with van der Waals surface area (Å²) < 4.78 is 17.0. The topological polar surface area (TPSA) is 233 Å². The summed E-state index contributed by atoms with van der Waals surface area (Å²) in [5.41, 5.74) is 2.88. The lowest BCUT2D eigenvalue weighted by Crippen LogP contribution is -2.15. The number of aromatic carboxylic acids is 1. The number of benzene rings is 8. The molecule has 0 aliphatic carbocycles. The second-order valence-electron chi connectivity index (χ2n) is 17.1. The second-order valence-corrected chi connectivity index (χ2v) is 17.6. The average Bonchev–Trinajstić information content (AvgIpc) is 3.50. The predicted molar refractivity (Wildman–Crippen MR) is 309 cm³/mol. The van der Waals surface area contributed by atoms with E-state index in [4.69, 9.17) is 25.8 Å². The normalized spacial score (nSPS) is 11.0. The Balaban J connectivity index is 0.826. The van der Waals surface area contributed by atoms with Gasteiger partial charge in [-0.15, -0.1) is 0 Å². The van der Waals surface area contributed by atoms with E-state index in [2.05, 4.69) is 21.3 Å². The molecule has 0 heterocycles. The predicted octanol–water partition coefficient (Wildman–Crippen LogP) is 12.3. The number of hydrogen-bond acceptors (Lipinski definition) is 11. The molecule has 81 heavy (non-hydrogen) atoms. The van der Waals surface area contributed by atoms with Gasteiger partial charge in [-0.05, 0) is 126 Å². The van der Waals surface area contributed by atoms with Crippen molar-refractivity contribution in [3.8, 4) is 17.2 Å². The van der Waals surface area contributed by atoms with Gasteiger partial charge in [-0.3, -0.25) is 19.2 Å². The largest absolute Gasteiger partial charge is 0.478 e. The minimum Gasteiger partial charge on any atom is -0.478 e. The van der Waals surface area contributed by atoms with Crippen molar-refractivity contribution >= 4 is 106 Å². The number of esters is 3. The first kappa shape index (κ1) is 56.0. The molecule has 8 aromatic rings. The van der Waals surface area contributed by atoms with E-state index in [-0.39, 0.29) is 62.3 Å². The highest BCUT2D eigenvalue weighted by Crippen LogP contribution is 2.26. The van der Waals surface area contributed by atoms with E-state index < -0.39 is 47.5 Å². The van der Waals surface area contributed by atoms with Gasteiger partial charge < -0.3 is 40.6 Å². The van der Waals surface area contributed by atoms with Crippen molar-refractivity contribution < 1.29 is 57.7 Å². The maximum Gasteiger partial charge on any atom is 0.345 e. The van der Waals surface area contributed by atoms with Crippen molar-refractivity contribution in [2.24, 2.45) is 0 Å². The molecule has 0 saturated heterocycles. The first-order valence-corrected chi connectivity index (χ1v) is 24.9. The number of ether oxygens (including phenoxy) is 3. The van der Waals surface area contributed by atoms with Gasteiger partial charge in [0.25, 0.3) is 0 Å². The zero-order valence-electron chi connectivity index (χ0n) is 42.4. The number of carboxylic acid groups (broad SMARTS) is 1. The van der Waals surface area contributed by atoms with Crippen LogP contribution >= 0.6 is 11.6 Å². The van der Waals surface area contributed by atoms with Crippen LogP contribution in [-0.2, 0) is 19.2 Å². The van der Waals surface area contributed by atoms with E-state index >= 15 is 0 Å². The summed E-state index contributed by atoms with van der Waals surface area (Å²) in [4.78, 5) is 103. The van der Waals surface area contributed by atoms with E-state index in [0.29, 0.717) is 27.3 Å². The lowest BCUT2D eigenvalue weighted by molar-refractivity contribution is -0.112. The summed E-state index contributed by atoms with van der Waals surface area (Å²) >= 11 is 6.18. The number of rotatable bonds is 19. The number of carboxylic acids is 1. The highest BCUT2D eigenvalue weighted by molar-refractivity contribution is 6.32. The minimum atomic E-state index is -1.21. The highest BCUT2D eigenvalue weighted by atomic mass is 35.5. The molecule has 0 radical (unpaired) electrons. The summed E-state index contributed by atoms with van der Waals surface area (Å²) in [5.74, 6) is -5.30. The number of anilines is 4. The van der Waals surface area contributed by atoms with Crippen molar-refractivity contribution in [3.05, 3.63) is 268 Å². The van der Waals surface area contributed by atoms with Crippen LogP contribution in [0.25, 0.3) is 24.3 Å². The molecule has 4 amide bonds. The Morgan fingerprint density at radius 3 is 1.27 bits per heavy atom. The quantitative estimate of drug-likeness (QED) is 0.0289. The number of carbonyl (C=O) groups excluding carboxylic acids is 7. The number of para-hydroxylation sites is 5. The van der Waals surface area contributed by atoms with Crippen LogP contribution in [0, 0.1) is 0 Å². The van der Waals surface area contributed by atoms with Crippen LogP contribution in [0.2, 0.25) is 5.02 Å². The van der Waals surface area contributed by atoms with Crippen LogP contribution in [0.1, 0.15) is 63.7 Å². The summed E-state index contributed by atoms with van der Waals surface area (Å²) in [7, 11) is 0. The molecule has 0 aliphatic rings. The van der Waals surface area contributed by atoms with E-state index in [1.54, 1.807) is 140 Å². The van der Waals surface area contributed by atoms with E-state index in [1.165, 1.54) is 103 Å². The molecule has 0 saturated carbocycles. The first-order chi connectivity index (χ1) is 39.3. The molecule has 8 aromatic carbocycles. The smallest absolute Gasteiger partial charge is 0.345 e. The van der Waals surface area contributed by atoms with E-state index in [1.807, 2.05) is 0 Å². The third-order valence-electron chi connectivity index (χ3n) is 11.5. The van der Waals surface area contributed by atoms with Crippen LogP contribution in [-0.4, -0.2) is 52.6 Å². The Morgan fingerprint density at radius 2 is 0.753 bits per heavy atom. The van der Waals surface area contributed by atoms with Crippen LogP contribution < -0.4 is 35.5 Å². The zero-order valence-corrected chi connectivity index (χ0v) is 43.2. The summed E-state index contributed by atoms with van der Waals surface area (Å²) in [5, 5.41) is 20.5. The molecule has 0 bridgehead atoms. The molecule has 0 aromatic heterocycles. The lowest BCUT2D eigenvalue weighted by Gasteiger charge is -2.11. The fourth-order valence-electron chi connectivity index (χ4n) is 7.59. The lowest BCUT2D eigenvalue weighted by atomic mass is 10.1. The maximum atomic E-state index is 13.5. The van der Waals surface area contributed by atoms with Crippen LogP contribution in [0.5, 0.6) is 17.2 Å². The van der Waals surface area contributed by atoms with E-state index in [9.17, 15) is 43.5 Å². The second kappa shape index (κ2) is 27.2. The van der Waals surface area contributed by atoms with E-state index in [0.717, 1.165) is 0 Å². The molecule has 0 aliphatic heterocycles. The van der Waals surface area contributed by atoms with Crippen molar-refractivity contribution in [2.75, 3.05) is 21.3 Å². The maximum absolute atomic E-state index is 13.5. The number of carbonyl (C=O) groups is 8. The van der Waals surface area contributed by atoms with Crippen LogP contribution in [0.4, 0.5) is 22.7 Å². The molecule has 0 atom stereocenters.